The van der Waals surface area contributed by atoms with Gasteiger partial charge in [-0.05, 0) is 57.4 Å². The van der Waals surface area contributed by atoms with Gasteiger partial charge < -0.3 is 10.1 Å². The van der Waals surface area contributed by atoms with Crippen molar-refractivity contribution >= 4 is 29.3 Å². The molecule has 4 nitrogen and oxygen atoms in total. The first-order valence-electron chi connectivity index (χ1n) is 8.54. The average molecular weight is 372 g/mol. The fraction of sp³-hybridized carbons (Fsp3) is 0.333. The molecule has 0 aromatic heterocycles. The Kier molecular flexibility index (Phi) is 6.86. The second kappa shape index (κ2) is 8.90. The summed E-state index contributed by atoms with van der Waals surface area (Å²) in [4.78, 5) is 25.5. The van der Waals surface area contributed by atoms with Crippen LogP contribution in [0.5, 0.6) is 0 Å². The van der Waals surface area contributed by atoms with Gasteiger partial charge in [0, 0.05) is 10.6 Å². The van der Waals surface area contributed by atoms with Gasteiger partial charge in [0.2, 0.25) is 0 Å². The highest BCUT2D eigenvalue weighted by molar-refractivity contribution is 8.00. The van der Waals surface area contributed by atoms with Gasteiger partial charge in [-0.3, -0.25) is 9.59 Å². The van der Waals surface area contributed by atoms with Crippen molar-refractivity contribution in [2.45, 2.75) is 45.6 Å². The first-order chi connectivity index (χ1) is 12.3. The van der Waals surface area contributed by atoms with Crippen LogP contribution in [0.25, 0.3) is 0 Å². The third-order valence-corrected chi connectivity index (χ3v) is 5.19. The van der Waals surface area contributed by atoms with Gasteiger partial charge >= 0.3 is 5.97 Å². The highest BCUT2D eigenvalue weighted by atomic mass is 32.2. The Morgan fingerprint density at radius 3 is 2.27 bits per heavy atom. The van der Waals surface area contributed by atoms with Gasteiger partial charge in [0.25, 0.3) is 5.91 Å². The number of carbonyl (C=O) groups excluding carboxylic acids is 2. The number of anilines is 1. The number of benzene rings is 2. The number of carbonyl (C=O) groups is 2. The van der Waals surface area contributed by atoms with Crippen LogP contribution < -0.4 is 5.32 Å². The van der Waals surface area contributed by atoms with E-state index in [-0.39, 0.29) is 11.7 Å². The van der Waals surface area contributed by atoms with Crippen LogP contribution in [0.2, 0.25) is 0 Å². The van der Waals surface area contributed by atoms with Gasteiger partial charge in [-0.25, -0.2) is 0 Å². The van der Waals surface area contributed by atoms with E-state index in [9.17, 15) is 9.59 Å². The molecule has 1 amide bonds. The van der Waals surface area contributed by atoms with Crippen molar-refractivity contribution in [3.05, 3.63) is 58.7 Å². The van der Waals surface area contributed by atoms with E-state index in [4.69, 9.17) is 4.74 Å². The van der Waals surface area contributed by atoms with E-state index in [0.29, 0.717) is 0 Å². The highest BCUT2D eigenvalue weighted by Crippen LogP contribution is 2.23. The van der Waals surface area contributed by atoms with Crippen molar-refractivity contribution in [2.75, 3.05) is 11.1 Å². The number of esters is 1. The lowest BCUT2D eigenvalue weighted by atomic mass is 10.0. The molecular weight excluding hydrogens is 346 g/mol. The lowest BCUT2D eigenvalue weighted by Crippen LogP contribution is -2.31. The molecule has 0 radical (unpaired) electrons. The summed E-state index contributed by atoms with van der Waals surface area (Å²) in [7, 11) is 0. The molecule has 2 aromatic carbocycles. The topological polar surface area (TPSA) is 55.4 Å². The highest BCUT2D eigenvalue weighted by Gasteiger charge is 2.19. The maximum absolute atomic E-state index is 12.4. The van der Waals surface area contributed by atoms with Crippen molar-refractivity contribution in [3.8, 4) is 0 Å². The molecular formula is C21H25NO3S. The van der Waals surface area contributed by atoms with Crippen LogP contribution >= 0.6 is 11.8 Å². The number of hydrogen-bond acceptors (Lipinski definition) is 4. The Bertz CT molecular complexity index is 794. The predicted octanol–water partition coefficient (Wildman–Crippen LogP) is 4.58. The first kappa shape index (κ1) is 20.0. The molecule has 1 atom stereocenters. The van der Waals surface area contributed by atoms with Crippen LogP contribution in [-0.2, 0) is 14.3 Å². The minimum Gasteiger partial charge on any atom is -0.452 e. The molecule has 0 aliphatic carbocycles. The van der Waals surface area contributed by atoms with Crippen LogP contribution in [0.4, 0.5) is 5.69 Å². The molecule has 0 aliphatic rings. The number of thioether (sulfide) groups is 1. The molecule has 138 valence electrons. The molecule has 2 rings (SSSR count). The van der Waals surface area contributed by atoms with Crippen LogP contribution in [0.15, 0.2) is 41.3 Å². The molecule has 1 unspecified atom stereocenters. The zero-order valence-corrected chi connectivity index (χ0v) is 16.7. The second-order valence-electron chi connectivity index (χ2n) is 6.45. The summed E-state index contributed by atoms with van der Waals surface area (Å²) in [6.07, 6.45) is -0.847. The second-order valence-corrected chi connectivity index (χ2v) is 7.47. The molecule has 0 bridgehead atoms. The molecule has 2 aromatic rings. The Morgan fingerprint density at radius 1 is 1.04 bits per heavy atom. The van der Waals surface area contributed by atoms with Crippen LogP contribution in [0.1, 0.15) is 29.2 Å². The fourth-order valence-corrected chi connectivity index (χ4v) is 3.55. The fourth-order valence-electron chi connectivity index (χ4n) is 2.74. The summed E-state index contributed by atoms with van der Waals surface area (Å²) in [5, 5.41) is 2.87. The molecule has 0 fully saturated rings. The summed E-state index contributed by atoms with van der Waals surface area (Å²) in [6, 6.07) is 11.9. The monoisotopic (exact) mass is 371 g/mol. The largest absolute Gasteiger partial charge is 0.452 e. The Hall–Kier alpha value is -2.27. The first-order valence-corrected chi connectivity index (χ1v) is 9.53. The van der Waals surface area contributed by atoms with Gasteiger partial charge in [0.05, 0.1) is 5.75 Å². The molecule has 1 N–H and O–H groups in total. The van der Waals surface area contributed by atoms with Crippen molar-refractivity contribution in [2.24, 2.45) is 0 Å². The van der Waals surface area contributed by atoms with Crippen molar-refractivity contribution < 1.29 is 14.3 Å². The van der Waals surface area contributed by atoms with E-state index in [1.165, 1.54) is 11.8 Å². The third-order valence-electron chi connectivity index (χ3n) is 4.04. The number of ether oxygens (including phenoxy) is 1. The smallest absolute Gasteiger partial charge is 0.317 e. The molecule has 0 heterocycles. The van der Waals surface area contributed by atoms with Gasteiger partial charge in [-0.2, -0.15) is 0 Å². The summed E-state index contributed by atoms with van der Waals surface area (Å²) in [6.45, 7) is 9.50. The van der Waals surface area contributed by atoms with Gasteiger partial charge in [-0.15, -0.1) is 11.8 Å². The van der Waals surface area contributed by atoms with E-state index >= 15 is 0 Å². The summed E-state index contributed by atoms with van der Waals surface area (Å²) >= 11 is 1.41. The third kappa shape index (κ3) is 5.36. The standard InChI is InChI=1S/C21H25NO3S/c1-13-10-15(3)20(16(4)11-13)22-21(24)17(5)25-19(23)12-26-18-9-7-6-8-14(18)2/h6-11,17H,12H2,1-5H3,(H,22,24). The number of hydrogen-bond donors (Lipinski definition) is 1. The van der Waals surface area contributed by atoms with Gasteiger partial charge in [0.15, 0.2) is 6.10 Å². The van der Waals surface area contributed by atoms with Crippen LogP contribution in [-0.4, -0.2) is 23.7 Å². The molecule has 0 saturated heterocycles. The molecule has 0 aliphatic heterocycles. The zero-order valence-electron chi connectivity index (χ0n) is 15.9. The zero-order chi connectivity index (χ0) is 19.3. The summed E-state index contributed by atoms with van der Waals surface area (Å²) in [5.74, 6) is -0.557. The van der Waals surface area contributed by atoms with E-state index in [0.717, 1.165) is 32.8 Å². The van der Waals surface area contributed by atoms with Gasteiger partial charge in [-0.1, -0.05) is 35.9 Å². The summed E-state index contributed by atoms with van der Waals surface area (Å²) in [5.41, 5.74) is 5.01. The van der Waals surface area contributed by atoms with E-state index in [1.807, 2.05) is 64.1 Å². The lowest BCUT2D eigenvalue weighted by molar-refractivity contribution is -0.150. The van der Waals surface area contributed by atoms with Crippen molar-refractivity contribution in [1.29, 1.82) is 0 Å². The van der Waals surface area contributed by atoms with E-state index in [2.05, 4.69) is 5.32 Å². The maximum Gasteiger partial charge on any atom is 0.317 e. The normalized spacial score (nSPS) is 11.7. The number of aryl methyl sites for hydroxylation is 4. The molecule has 5 heteroatoms. The maximum atomic E-state index is 12.4. The molecule has 26 heavy (non-hydrogen) atoms. The van der Waals surface area contributed by atoms with Crippen LogP contribution in [0, 0.1) is 27.7 Å². The number of nitrogens with one attached hydrogen (secondary N) is 1. The number of rotatable bonds is 6. The minimum atomic E-state index is -0.847. The quantitative estimate of drug-likeness (QED) is 0.596. The average Bonchev–Trinajstić information content (AvgIpc) is 2.57. The van der Waals surface area contributed by atoms with Crippen molar-refractivity contribution in [1.82, 2.24) is 0 Å². The predicted molar refractivity (Wildman–Crippen MR) is 107 cm³/mol. The Morgan fingerprint density at radius 2 is 1.65 bits per heavy atom. The SMILES string of the molecule is Cc1cc(C)c(NC(=O)C(C)OC(=O)CSc2ccccc2C)c(C)c1. The lowest BCUT2D eigenvalue weighted by Gasteiger charge is -2.17. The van der Waals surface area contributed by atoms with Crippen molar-refractivity contribution in [3.63, 3.8) is 0 Å². The minimum absolute atomic E-state index is 0.172. The molecule has 0 saturated carbocycles. The Labute approximate surface area is 159 Å². The molecule has 0 spiro atoms. The van der Waals surface area contributed by atoms with Gasteiger partial charge in [0.1, 0.15) is 0 Å². The van der Waals surface area contributed by atoms with E-state index in [1.54, 1.807) is 6.92 Å². The van der Waals surface area contributed by atoms with Crippen LogP contribution in [0.3, 0.4) is 0 Å². The summed E-state index contributed by atoms with van der Waals surface area (Å²) < 4.78 is 5.28. The number of amides is 1. The Balaban J connectivity index is 1.90. The van der Waals surface area contributed by atoms with E-state index < -0.39 is 12.1 Å².